The van der Waals surface area contributed by atoms with E-state index in [2.05, 4.69) is 0 Å². The van der Waals surface area contributed by atoms with Crippen LogP contribution in [0.5, 0.6) is 5.75 Å². The van der Waals surface area contributed by atoms with E-state index in [1.54, 1.807) is 24.3 Å². The highest BCUT2D eigenvalue weighted by Gasteiger charge is 2.23. The lowest BCUT2D eigenvalue weighted by molar-refractivity contribution is 0.340. The number of benzene rings is 2. The van der Waals surface area contributed by atoms with Gasteiger partial charge < -0.3 is 10.5 Å². The first-order valence-corrected chi connectivity index (χ1v) is 9.49. The van der Waals surface area contributed by atoms with Crippen LogP contribution in [0.4, 0.5) is 0 Å². The maximum absolute atomic E-state index is 12.8. The van der Waals surface area contributed by atoms with Gasteiger partial charge in [0.2, 0.25) is 10.0 Å². The molecule has 138 valence electrons. The van der Waals surface area contributed by atoms with Gasteiger partial charge >= 0.3 is 0 Å². The Morgan fingerprint density at radius 2 is 1.64 bits per heavy atom. The fourth-order valence-electron chi connectivity index (χ4n) is 2.42. The summed E-state index contributed by atoms with van der Waals surface area (Å²) in [5.74, 6) is 0.658. The molecule has 0 spiro atoms. The van der Waals surface area contributed by atoms with Crippen molar-refractivity contribution in [1.29, 1.82) is 0 Å². The minimum absolute atomic E-state index is 0. The number of hydrogen-bond acceptors (Lipinski definition) is 4. The first-order chi connectivity index (χ1) is 11.6. The van der Waals surface area contributed by atoms with E-state index in [1.165, 1.54) is 4.31 Å². The Bertz CT molecular complexity index is 722. The fraction of sp³-hybridized carbons (Fsp3) is 0.333. The third-order valence-corrected chi connectivity index (χ3v) is 5.56. The molecule has 0 heterocycles. The van der Waals surface area contributed by atoms with Gasteiger partial charge in [-0.15, -0.1) is 12.4 Å². The van der Waals surface area contributed by atoms with Gasteiger partial charge in [-0.3, -0.25) is 0 Å². The van der Waals surface area contributed by atoms with E-state index in [9.17, 15) is 8.42 Å². The summed E-state index contributed by atoms with van der Waals surface area (Å²) in [7, 11) is -3.57. The van der Waals surface area contributed by atoms with Gasteiger partial charge in [0.15, 0.2) is 0 Å². The van der Waals surface area contributed by atoms with Gasteiger partial charge in [-0.1, -0.05) is 30.3 Å². The SMILES string of the molecule is CCOc1ccc(S(=O)(=O)N(CCN)CCc2ccccc2)cc1.Cl. The molecule has 2 rings (SSSR count). The molecule has 25 heavy (non-hydrogen) atoms. The van der Waals surface area contributed by atoms with Gasteiger partial charge in [0.05, 0.1) is 11.5 Å². The molecule has 0 aliphatic carbocycles. The van der Waals surface area contributed by atoms with E-state index >= 15 is 0 Å². The first kappa shape index (κ1) is 21.4. The van der Waals surface area contributed by atoms with Crippen molar-refractivity contribution in [2.45, 2.75) is 18.2 Å². The Kier molecular flexibility index (Phi) is 8.92. The largest absolute Gasteiger partial charge is 0.494 e. The monoisotopic (exact) mass is 384 g/mol. The molecule has 0 amide bonds. The average Bonchev–Trinajstić information content (AvgIpc) is 2.60. The Morgan fingerprint density at radius 1 is 1.00 bits per heavy atom. The van der Waals surface area contributed by atoms with E-state index in [1.807, 2.05) is 37.3 Å². The second kappa shape index (κ2) is 10.4. The summed E-state index contributed by atoms with van der Waals surface area (Å²) in [5, 5.41) is 0. The van der Waals surface area contributed by atoms with Crippen molar-refractivity contribution in [3.63, 3.8) is 0 Å². The van der Waals surface area contributed by atoms with Crippen LogP contribution in [0.2, 0.25) is 0 Å². The van der Waals surface area contributed by atoms with E-state index in [-0.39, 0.29) is 23.8 Å². The minimum Gasteiger partial charge on any atom is -0.494 e. The van der Waals surface area contributed by atoms with Gasteiger partial charge in [-0.2, -0.15) is 4.31 Å². The van der Waals surface area contributed by atoms with Crippen molar-refractivity contribution in [3.8, 4) is 5.75 Å². The summed E-state index contributed by atoms with van der Waals surface area (Å²) < 4.78 is 32.5. The minimum atomic E-state index is -3.57. The maximum Gasteiger partial charge on any atom is 0.243 e. The van der Waals surface area contributed by atoms with Gasteiger partial charge in [0.25, 0.3) is 0 Å². The Labute approximate surface area is 156 Å². The second-order valence-corrected chi connectivity index (χ2v) is 7.27. The summed E-state index contributed by atoms with van der Waals surface area (Å²) in [6.45, 7) is 3.41. The molecule has 0 unspecified atom stereocenters. The predicted octanol–water partition coefficient (Wildman–Crippen LogP) is 2.70. The lowest BCUT2D eigenvalue weighted by Crippen LogP contribution is -2.36. The van der Waals surface area contributed by atoms with Crippen molar-refractivity contribution < 1.29 is 13.2 Å². The fourth-order valence-corrected chi connectivity index (χ4v) is 3.87. The van der Waals surface area contributed by atoms with Crippen molar-refractivity contribution in [2.75, 3.05) is 26.2 Å². The zero-order valence-electron chi connectivity index (χ0n) is 14.3. The summed E-state index contributed by atoms with van der Waals surface area (Å²) >= 11 is 0. The molecule has 0 saturated heterocycles. The molecule has 0 radical (unpaired) electrons. The molecule has 0 saturated carbocycles. The summed E-state index contributed by atoms with van der Waals surface area (Å²) in [6.07, 6.45) is 0.650. The molecule has 0 aliphatic heterocycles. The van der Waals surface area contributed by atoms with Crippen LogP contribution < -0.4 is 10.5 Å². The van der Waals surface area contributed by atoms with Gasteiger partial charge in [0.1, 0.15) is 5.75 Å². The molecule has 0 fully saturated rings. The first-order valence-electron chi connectivity index (χ1n) is 8.05. The third-order valence-electron chi connectivity index (χ3n) is 3.64. The molecule has 0 bridgehead atoms. The van der Waals surface area contributed by atoms with E-state index in [4.69, 9.17) is 10.5 Å². The van der Waals surface area contributed by atoms with E-state index < -0.39 is 10.0 Å². The van der Waals surface area contributed by atoms with Gasteiger partial charge in [-0.05, 0) is 43.2 Å². The molecule has 2 aromatic rings. The second-order valence-electron chi connectivity index (χ2n) is 5.33. The van der Waals surface area contributed by atoms with Crippen LogP contribution in [-0.2, 0) is 16.4 Å². The quantitative estimate of drug-likeness (QED) is 0.721. The molecule has 2 N–H and O–H groups in total. The van der Waals surface area contributed by atoms with Crippen LogP contribution in [0.1, 0.15) is 12.5 Å². The Balaban J connectivity index is 0.00000312. The average molecular weight is 385 g/mol. The summed E-state index contributed by atoms with van der Waals surface area (Å²) in [6, 6.07) is 16.3. The number of rotatable bonds is 9. The van der Waals surface area contributed by atoms with Crippen LogP contribution >= 0.6 is 12.4 Å². The topological polar surface area (TPSA) is 72.6 Å². The summed E-state index contributed by atoms with van der Waals surface area (Å²) in [4.78, 5) is 0.257. The lowest BCUT2D eigenvalue weighted by Gasteiger charge is -2.21. The number of nitrogens with zero attached hydrogens (tertiary/aromatic N) is 1. The van der Waals surface area contributed by atoms with E-state index in [0.29, 0.717) is 31.9 Å². The van der Waals surface area contributed by atoms with Crippen LogP contribution in [0, 0.1) is 0 Å². The standard InChI is InChI=1S/C18H24N2O3S.ClH/c1-2-23-17-8-10-18(11-9-17)24(21,22)20(15-13-19)14-12-16-6-4-3-5-7-16;/h3-11H,2,12-15,19H2,1H3;1H. The predicted molar refractivity (Wildman–Crippen MR) is 103 cm³/mol. The molecular weight excluding hydrogens is 360 g/mol. The maximum atomic E-state index is 12.8. The van der Waals surface area contributed by atoms with Crippen LogP contribution in [-0.4, -0.2) is 39.0 Å². The molecule has 5 nitrogen and oxygen atoms in total. The third kappa shape index (κ3) is 6.01. The van der Waals surface area contributed by atoms with Gasteiger partial charge in [-0.25, -0.2) is 8.42 Å². The Morgan fingerprint density at radius 3 is 2.20 bits per heavy atom. The number of halogens is 1. The number of sulfonamides is 1. The van der Waals surface area contributed by atoms with Crippen LogP contribution in [0.3, 0.4) is 0 Å². The number of hydrogen-bond donors (Lipinski definition) is 1. The zero-order valence-corrected chi connectivity index (χ0v) is 15.9. The smallest absolute Gasteiger partial charge is 0.243 e. The number of ether oxygens (including phenoxy) is 1. The molecular formula is C18H25ClN2O3S. The molecule has 0 aliphatic rings. The van der Waals surface area contributed by atoms with E-state index in [0.717, 1.165) is 5.56 Å². The highest BCUT2D eigenvalue weighted by Crippen LogP contribution is 2.20. The van der Waals surface area contributed by atoms with Crippen molar-refractivity contribution in [1.82, 2.24) is 4.31 Å². The van der Waals surface area contributed by atoms with Gasteiger partial charge in [0, 0.05) is 19.6 Å². The van der Waals surface area contributed by atoms with Crippen LogP contribution in [0.15, 0.2) is 59.5 Å². The molecule has 2 aromatic carbocycles. The molecule has 0 atom stereocenters. The van der Waals surface area contributed by atoms with Crippen LogP contribution in [0.25, 0.3) is 0 Å². The normalized spacial score (nSPS) is 11.2. The highest BCUT2D eigenvalue weighted by molar-refractivity contribution is 7.89. The molecule has 0 aromatic heterocycles. The lowest BCUT2D eigenvalue weighted by atomic mass is 10.1. The highest BCUT2D eigenvalue weighted by atomic mass is 35.5. The van der Waals surface area contributed by atoms with Crippen molar-refractivity contribution in [2.24, 2.45) is 5.73 Å². The van der Waals surface area contributed by atoms with Crippen molar-refractivity contribution in [3.05, 3.63) is 60.2 Å². The van der Waals surface area contributed by atoms with Crippen molar-refractivity contribution >= 4 is 22.4 Å². The number of nitrogens with two attached hydrogens (primary N) is 1. The summed E-state index contributed by atoms with van der Waals surface area (Å²) in [5.41, 5.74) is 6.71. The Hall–Kier alpha value is -1.60. The molecule has 7 heteroatoms. The zero-order chi connectivity index (χ0) is 17.4.